The number of unbranched alkanes of at least 4 members (excludes halogenated alkanes) is 3. The van der Waals surface area contributed by atoms with E-state index in [2.05, 4.69) is 179 Å². The van der Waals surface area contributed by atoms with Crippen LogP contribution < -0.4 is 21.2 Å². The van der Waals surface area contributed by atoms with E-state index in [1.807, 2.05) is 6.08 Å². The van der Waals surface area contributed by atoms with E-state index in [-0.39, 0.29) is 17.7 Å². The Morgan fingerprint density at radius 3 is 1.92 bits per heavy atom. The van der Waals surface area contributed by atoms with Crippen LogP contribution in [0, 0.1) is 20.8 Å². The number of amides is 1. The van der Waals surface area contributed by atoms with Crippen LogP contribution in [0.1, 0.15) is 123 Å². The molecule has 3 aromatic carbocycles. The Morgan fingerprint density at radius 1 is 0.714 bits per heavy atom. The van der Waals surface area contributed by atoms with Gasteiger partial charge in [-0.05, 0) is 86.2 Å². The number of fused-ring (bicyclic) bond motifs is 8. The second-order valence-corrected chi connectivity index (χ2v) is 21.8. The van der Waals surface area contributed by atoms with Gasteiger partial charge in [-0.3, -0.25) is 4.98 Å². The Kier molecular flexibility index (Phi) is 13.4. The first kappa shape index (κ1) is 43.8. The number of H-pyrrole nitrogens is 2. The second-order valence-electron chi connectivity index (χ2n) is 17.7. The van der Waals surface area contributed by atoms with Gasteiger partial charge in [-0.25, -0.2) is 4.98 Å². The van der Waals surface area contributed by atoms with Crippen LogP contribution in [0.15, 0.2) is 122 Å². The van der Waals surface area contributed by atoms with Crippen molar-refractivity contribution in [2.75, 3.05) is 12.7 Å². The summed E-state index contributed by atoms with van der Waals surface area (Å²) < 4.78 is 0. The average molecular weight is 854 g/mol. The SMILES string of the molecule is C=Cc1c(C)c2cc3nc(c(C)c4cc(C)c(cc5nc(cc1[nH]2)C(C)=C5CC)[nH]4)[C@@H](CCC(=O)NCCCCCC[PH](c1ccccc1)(c1ccccc1)c1ccccc1)[C@@H]3C. The molecule has 0 spiro atoms. The molecule has 6 nitrogen and oxygen atoms in total. The fraction of sp³-hybridized carbons (Fsp3) is 0.304. The summed E-state index contributed by atoms with van der Waals surface area (Å²) >= 11 is 0. The first-order chi connectivity index (χ1) is 30.6. The van der Waals surface area contributed by atoms with Crippen LogP contribution >= 0.6 is 7.26 Å². The zero-order chi connectivity index (χ0) is 44.1. The Morgan fingerprint density at radius 2 is 1.30 bits per heavy atom. The van der Waals surface area contributed by atoms with Crippen molar-refractivity contribution in [3.8, 4) is 0 Å². The summed E-state index contributed by atoms with van der Waals surface area (Å²) in [6, 6.07) is 42.4. The molecule has 2 atom stereocenters. The van der Waals surface area contributed by atoms with Crippen LogP contribution in [-0.4, -0.2) is 38.5 Å². The monoisotopic (exact) mass is 853 g/mol. The predicted molar refractivity (Wildman–Crippen MR) is 271 cm³/mol. The van der Waals surface area contributed by atoms with E-state index in [1.165, 1.54) is 32.6 Å². The Hall–Kier alpha value is -5.84. The zero-order valence-electron chi connectivity index (χ0n) is 38.1. The van der Waals surface area contributed by atoms with Crippen LogP contribution in [-0.2, 0) is 4.79 Å². The van der Waals surface area contributed by atoms with Crippen LogP contribution in [0.4, 0.5) is 0 Å². The predicted octanol–water partition coefficient (Wildman–Crippen LogP) is 12.3. The van der Waals surface area contributed by atoms with E-state index in [4.69, 9.17) is 9.97 Å². The number of nitrogens with zero attached hydrogens (tertiary/aromatic N) is 2. The van der Waals surface area contributed by atoms with Crippen molar-refractivity contribution in [2.24, 2.45) is 0 Å². The maximum atomic E-state index is 13.5. The molecule has 0 unspecified atom stereocenters. The minimum absolute atomic E-state index is 0.102. The van der Waals surface area contributed by atoms with Gasteiger partial charge in [-0.15, -0.1) is 0 Å². The first-order valence-corrected chi connectivity index (χ1v) is 25.3. The third-order valence-electron chi connectivity index (χ3n) is 14.0. The van der Waals surface area contributed by atoms with Crippen molar-refractivity contribution >= 4 is 68.4 Å². The van der Waals surface area contributed by atoms with E-state index in [0.29, 0.717) is 13.0 Å². The summed E-state index contributed by atoms with van der Waals surface area (Å²) in [5.74, 6) is 0.352. The van der Waals surface area contributed by atoms with Gasteiger partial charge >= 0.3 is 199 Å². The summed E-state index contributed by atoms with van der Waals surface area (Å²) in [7, 11) is -2.23. The number of aromatic amines is 2. The molecule has 0 saturated carbocycles. The van der Waals surface area contributed by atoms with Crippen LogP contribution in [0.25, 0.3) is 39.3 Å². The van der Waals surface area contributed by atoms with E-state index < -0.39 is 7.26 Å². The quantitative estimate of drug-likeness (QED) is 0.0710. The van der Waals surface area contributed by atoms with Gasteiger partial charge in [0.2, 0.25) is 0 Å². The molecular formula is C56H64N5OP. The molecule has 3 aromatic heterocycles. The topological polar surface area (TPSA) is 86.5 Å². The Balaban J connectivity index is 0.970. The normalized spacial score (nSPS) is 15.4. The van der Waals surface area contributed by atoms with E-state index in [1.54, 1.807) is 0 Å². The molecule has 324 valence electrons. The van der Waals surface area contributed by atoms with Crippen molar-refractivity contribution < 1.29 is 4.79 Å². The van der Waals surface area contributed by atoms with E-state index in [9.17, 15) is 4.79 Å². The summed E-state index contributed by atoms with van der Waals surface area (Å²) in [6.07, 6.45) is 9.52. The number of benzene rings is 3. The maximum absolute atomic E-state index is 13.5. The number of hydrogen-bond donors (Lipinski definition) is 3. The van der Waals surface area contributed by atoms with Crippen molar-refractivity contribution in [1.29, 1.82) is 0 Å². The Bertz CT molecular complexity index is 2700. The molecule has 8 bridgehead atoms. The molecule has 8 rings (SSSR count). The summed E-state index contributed by atoms with van der Waals surface area (Å²) in [5, 5.41) is 7.67. The molecule has 3 N–H and O–H groups in total. The van der Waals surface area contributed by atoms with Crippen molar-refractivity contribution in [2.45, 2.75) is 98.3 Å². The number of aryl methyl sites for hydroxylation is 3. The minimum Gasteiger partial charge on any atom is -0.0562 e. The van der Waals surface area contributed by atoms with Crippen molar-refractivity contribution in [3.63, 3.8) is 0 Å². The number of aromatic nitrogens is 4. The van der Waals surface area contributed by atoms with Crippen LogP contribution in [0.3, 0.4) is 0 Å². The minimum atomic E-state index is -2.23. The fourth-order valence-electron chi connectivity index (χ4n) is 10.2. The third kappa shape index (κ3) is 8.89. The molecule has 2 aliphatic rings. The number of hydrogen-bond acceptors (Lipinski definition) is 3. The van der Waals surface area contributed by atoms with Gasteiger partial charge in [0.15, 0.2) is 0 Å². The summed E-state index contributed by atoms with van der Waals surface area (Å²) in [4.78, 5) is 31.5. The summed E-state index contributed by atoms with van der Waals surface area (Å²) in [6.45, 7) is 18.0. The van der Waals surface area contributed by atoms with Gasteiger partial charge in [0.05, 0.1) is 11.4 Å². The van der Waals surface area contributed by atoms with Gasteiger partial charge in [-0.1, -0.05) is 26.5 Å². The number of carbonyl (C=O) groups is 1. The molecular weight excluding hydrogens is 790 g/mol. The molecule has 0 saturated heterocycles. The summed E-state index contributed by atoms with van der Waals surface area (Å²) in [5.41, 5.74) is 15.2. The second kappa shape index (κ2) is 19.3. The number of allylic oxidation sites excluding steroid dienone is 2. The number of carbonyl (C=O) groups excluding carboxylic acids is 1. The average Bonchev–Trinajstić information content (AvgIpc) is 4.01. The molecule has 1 amide bonds. The van der Waals surface area contributed by atoms with Crippen molar-refractivity contribution in [1.82, 2.24) is 25.3 Å². The van der Waals surface area contributed by atoms with E-state index >= 15 is 0 Å². The van der Waals surface area contributed by atoms with Crippen molar-refractivity contribution in [3.05, 3.63) is 167 Å². The van der Waals surface area contributed by atoms with Crippen LogP contribution in [0.5, 0.6) is 0 Å². The number of nitrogens with one attached hydrogen (secondary N) is 3. The zero-order valence-corrected chi connectivity index (χ0v) is 39.1. The molecule has 5 heterocycles. The molecule has 7 heteroatoms. The van der Waals surface area contributed by atoms with Gasteiger partial charge in [0, 0.05) is 33.3 Å². The van der Waals surface area contributed by atoms with Gasteiger partial charge in [-0.2, -0.15) is 0 Å². The van der Waals surface area contributed by atoms with Gasteiger partial charge in [0.25, 0.3) is 0 Å². The smallest absolute Gasteiger partial charge is 0.0562 e. The fourth-order valence-corrected chi connectivity index (χ4v) is 15.2. The third-order valence-corrected chi connectivity index (χ3v) is 19.0. The van der Waals surface area contributed by atoms with E-state index in [0.717, 1.165) is 106 Å². The standard InChI is InChI=1S/C56H64N5OP/c1-8-45-39(5)51-36-54-46(9-2)38(4)50(59-54)35-52-40(6)47(56(61-52)41(7)49-33-37(3)48(58-49)34-53(45)60-51)29-30-55(62)57-31-21-10-11-22-32-63(42-23-15-12-16-24-42,43-25-17-13-18-26-43)44-27-19-14-20-28-44/h9,12-20,23-28,33-36,40,47,58-59,63H,2,8,10-11,21-22,29-32H2,1,3-7H3,(H,57,62)/t40-,47-/m0/s1. The number of rotatable bonds is 15. The van der Waals surface area contributed by atoms with Gasteiger partial charge < -0.3 is 9.97 Å². The molecule has 0 fully saturated rings. The molecule has 0 radical (unpaired) electrons. The van der Waals surface area contributed by atoms with Gasteiger partial charge in [0.1, 0.15) is 0 Å². The molecule has 6 aromatic rings. The molecule has 2 aliphatic heterocycles. The Labute approximate surface area is 374 Å². The first-order valence-electron chi connectivity index (χ1n) is 23.1. The molecule has 0 aliphatic carbocycles. The molecule has 63 heavy (non-hydrogen) atoms. The van der Waals surface area contributed by atoms with Crippen LogP contribution in [0.2, 0.25) is 0 Å².